The number of Topliss-reactive ketones (excluding diaryl/α,β-unsaturated/α-hetero) is 1. The van der Waals surface area contributed by atoms with Crippen molar-refractivity contribution in [3.63, 3.8) is 0 Å². The van der Waals surface area contributed by atoms with Crippen molar-refractivity contribution in [2.45, 2.75) is 19.5 Å². The van der Waals surface area contributed by atoms with E-state index in [1.807, 2.05) is 37.3 Å². The molecule has 1 amide bonds. The first-order chi connectivity index (χ1) is 14.5. The smallest absolute Gasteiger partial charge is 0.295 e. The highest BCUT2D eigenvalue weighted by molar-refractivity contribution is 6.46. The van der Waals surface area contributed by atoms with Gasteiger partial charge in [0.05, 0.1) is 11.6 Å². The molecule has 1 aliphatic heterocycles. The largest absolute Gasteiger partial charge is 0.507 e. The number of aliphatic hydroxyl groups excluding tert-OH is 1. The van der Waals surface area contributed by atoms with Crippen LogP contribution in [0.2, 0.25) is 0 Å². The van der Waals surface area contributed by atoms with Crippen molar-refractivity contribution in [2.24, 2.45) is 0 Å². The van der Waals surface area contributed by atoms with Crippen LogP contribution in [0.25, 0.3) is 5.76 Å². The maximum atomic E-state index is 13.3. The topological polar surface area (TPSA) is 70.5 Å². The van der Waals surface area contributed by atoms with Gasteiger partial charge in [-0.3, -0.25) is 14.6 Å². The molecule has 0 spiro atoms. The van der Waals surface area contributed by atoms with Crippen molar-refractivity contribution < 1.29 is 19.1 Å². The lowest BCUT2D eigenvalue weighted by atomic mass is 9.94. The Balaban J connectivity index is 1.87. The number of rotatable bonds is 4. The summed E-state index contributed by atoms with van der Waals surface area (Å²) < 4.78 is 13.3. The second-order valence-corrected chi connectivity index (χ2v) is 7.21. The lowest BCUT2D eigenvalue weighted by Crippen LogP contribution is -2.29. The van der Waals surface area contributed by atoms with Crippen LogP contribution >= 0.6 is 0 Å². The van der Waals surface area contributed by atoms with Gasteiger partial charge in [0.2, 0.25) is 0 Å². The van der Waals surface area contributed by atoms with Crippen LogP contribution in [0.4, 0.5) is 4.39 Å². The molecule has 1 N–H and O–H groups in total. The summed E-state index contributed by atoms with van der Waals surface area (Å²) >= 11 is 0. The molecule has 1 atom stereocenters. The first-order valence-corrected chi connectivity index (χ1v) is 9.45. The summed E-state index contributed by atoms with van der Waals surface area (Å²) in [5, 5.41) is 10.9. The second-order valence-electron chi connectivity index (χ2n) is 7.21. The summed E-state index contributed by atoms with van der Waals surface area (Å²) in [6.07, 6.45) is 3.26. The predicted octanol–water partition coefficient (Wildman–Crippen LogP) is 4.15. The molecule has 2 heterocycles. The van der Waals surface area contributed by atoms with Gasteiger partial charge in [0.15, 0.2) is 0 Å². The van der Waals surface area contributed by atoms with Crippen molar-refractivity contribution in [1.82, 2.24) is 9.88 Å². The second kappa shape index (κ2) is 7.91. The van der Waals surface area contributed by atoms with E-state index in [0.29, 0.717) is 5.56 Å². The number of likely N-dealkylation sites (tertiary alicyclic amines) is 1. The van der Waals surface area contributed by atoms with E-state index in [2.05, 4.69) is 4.98 Å². The third-order valence-corrected chi connectivity index (χ3v) is 5.09. The molecule has 2 aromatic carbocycles. The fourth-order valence-corrected chi connectivity index (χ4v) is 3.68. The van der Waals surface area contributed by atoms with Crippen LogP contribution in [0.1, 0.15) is 28.3 Å². The highest BCUT2D eigenvalue weighted by Crippen LogP contribution is 2.40. The van der Waals surface area contributed by atoms with E-state index >= 15 is 0 Å². The van der Waals surface area contributed by atoms with Crippen LogP contribution in [-0.2, 0) is 16.1 Å². The quantitative estimate of drug-likeness (QED) is 0.404. The van der Waals surface area contributed by atoms with Crippen molar-refractivity contribution in [2.75, 3.05) is 0 Å². The number of pyridine rings is 1. The molecule has 150 valence electrons. The maximum absolute atomic E-state index is 13.3. The third-order valence-electron chi connectivity index (χ3n) is 5.09. The molecule has 4 rings (SSSR count). The Bertz CT molecular complexity index is 1140. The summed E-state index contributed by atoms with van der Waals surface area (Å²) in [6, 6.07) is 15.4. The van der Waals surface area contributed by atoms with E-state index in [1.54, 1.807) is 18.5 Å². The number of hydrogen-bond donors (Lipinski definition) is 1. The van der Waals surface area contributed by atoms with Crippen molar-refractivity contribution in [1.29, 1.82) is 0 Å². The van der Waals surface area contributed by atoms with Crippen LogP contribution in [-0.4, -0.2) is 26.7 Å². The van der Waals surface area contributed by atoms with E-state index in [4.69, 9.17) is 0 Å². The molecule has 1 fully saturated rings. The summed E-state index contributed by atoms with van der Waals surface area (Å²) in [5.74, 6) is -2.26. The van der Waals surface area contributed by atoms with E-state index in [1.165, 1.54) is 29.2 Å². The number of carbonyl (C=O) groups excluding carboxylic acids is 2. The first kappa shape index (κ1) is 19.5. The van der Waals surface area contributed by atoms with Crippen molar-refractivity contribution >= 4 is 17.4 Å². The minimum absolute atomic E-state index is 0.0129. The van der Waals surface area contributed by atoms with E-state index in [9.17, 15) is 19.1 Å². The van der Waals surface area contributed by atoms with Crippen LogP contribution in [0, 0.1) is 12.7 Å². The molecule has 6 heteroatoms. The zero-order valence-electron chi connectivity index (χ0n) is 16.2. The summed E-state index contributed by atoms with van der Waals surface area (Å²) in [7, 11) is 0. The van der Waals surface area contributed by atoms with Crippen LogP contribution in [0.3, 0.4) is 0 Å². The number of aliphatic hydroxyl groups is 1. The Morgan fingerprint density at radius 3 is 2.53 bits per heavy atom. The number of ketones is 1. The number of aromatic nitrogens is 1. The Morgan fingerprint density at radius 1 is 1.10 bits per heavy atom. The van der Waals surface area contributed by atoms with Gasteiger partial charge >= 0.3 is 0 Å². The normalized spacial score (nSPS) is 18.1. The Hall–Kier alpha value is -3.80. The standard InChI is InChI=1S/C24H19FN2O3/c1-15-4-2-6-18(12-15)21-20(22(28)17-7-9-19(25)10-8-17)23(29)24(30)27(21)14-16-5-3-11-26-13-16/h2-13,21,28H,14H2,1H3/b22-20-. The Labute approximate surface area is 173 Å². The summed E-state index contributed by atoms with van der Waals surface area (Å²) in [5.41, 5.74) is 2.69. The number of halogens is 1. The number of carbonyl (C=O) groups is 2. The lowest BCUT2D eigenvalue weighted by molar-refractivity contribution is -0.140. The van der Waals surface area contributed by atoms with Gasteiger partial charge in [-0.2, -0.15) is 0 Å². The minimum Gasteiger partial charge on any atom is -0.507 e. The van der Waals surface area contributed by atoms with Crippen molar-refractivity contribution in [3.8, 4) is 0 Å². The van der Waals surface area contributed by atoms with Gasteiger partial charge in [0.1, 0.15) is 11.6 Å². The van der Waals surface area contributed by atoms with Crippen LogP contribution in [0.5, 0.6) is 0 Å². The molecule has 0 bridgehead atoms. The molecule has 30 heavy (non-hydrogen) atoms. The molecule has 1 aliphatic rings. The average molecular weight is 402 g/mol. The molecule has 3 aromatic rings. The number of hydrogen-bond acceptors (Lipinski definition) is 4. The molecule has 1 aromatic heterocycles. The van der Waals surface area contributed by atoms with E-state index in [0.717, 1.165) is 11.1 Å². The van der Waals surface area contributed by atoms with Crippen molar-refractivity contribution in [3.05, 3.63) is 107 Å². The zero-order valence-corrected chi connectivity index (χ0v) is 16.2. The highest BCUT2D eigenvalue weighted by Gasteiger charge is 2.46. The van der Waals surface area contributed by atoms with Crippen LogP contribution < -0.4 is 0 Å². The van der Waals surface area contributed by atoms with Gasteiger partial charge in [0.25, 0.3) is 11.7 Å². The SMILES string of the molecule is Cc1cccc(C2/C(=C(/O)c3ccc(F)cc3)C(=O)C(=O)N2Cc2cccnc2)c1. The lowest BCUT2D eigenvalue weighted by Gasteiger charge is -2.25. The van der Waals surface area contributed by atoms with Gasteiger partial charge < -0.3 is 10.0 Å². The molecular weight excluding hydrogens is 383 g/mol. The van der Waals surface area contributed by atoms with Gasteiger partial charge in [-0.25, -0.2) is 4.39 Å². The van der Waals surface area contributed by atoms with Gasteiger partial charge in [-0.05, 0) is 48.4 Å². The summed E-state index contributed by atoms with van der Waals surface area (Å²) in [4.78, 5) is 31.4. The van der Waals surface area contributed by atoms with Gasteiger partial charge in [-0.15, -0.1) is 0 Å². The predicted molar refractivity (Wildman–Crippen MR) is 110 cm³/mol. The van der Waals surface area contributed by atoms with Crippen LogP contribution in [0.15, 0.2) is 78.6 Å². The monoisotopic (exact) mass is 402 g/mol. The molecule has 5 nitrogen and oxygen atoms in total. The first-order valence-electron chi connectivity index (χ1n) is 9.45. The van der Waals surface area contributed by atoms with Gasteiger partial charge in [-0.1, -0.05) is 35.9 Å². The Kier molecular flexibility index (Phi) is 5.14. The molecule has 1 saturated heterocycles. The van der Waals surface area contributed by atoms with E-state index in [-0.39, 0.29) is 23.4 Å². The third kappa shape index (κ3) is 3.59. The zero-order chi connectivity index (χ0) is 21.3. The summed E-state index contributed by atoms with van der Waals surface area (Å²) in [6.45, 7) is 2.08. The number of amides is 1. The number of benzene rings is 2. The number of aryl methyl sites for hydroxylation is 1. The average Bonchev–Trinajstić information content (AvgIpc) is 2.99. The fraction of sp³-hybridized carbons (Fsp3) is 0.125. The van der Waals surface area contributed by atoms with Gasteiger partial charge in [0, 0.05) is 24.5 Å². The fourth-order valence-electron chi connectivity index (χ4n) is 3.68. The maximum Gasteiger partial charge on any atom is 0.295 e. The highest BCUT2D eigenvalue weighted by atomic mass is 19.1. The molecule has 0 radical (unpaired) electrons. The molecule has 0 aliphatic carbocycles. The Morgan fingerprint density at radius 2 is 1.87 bits per heavy atom. The minimum atomic E-state index is -0.771. The molecule has 1 unspecified atom stereocenters. The van der Waals surface area contributed by atoms with E-state index < -0.39 is 23.5 Å². The molecule has 0 saturated carbocycles. The molecular formula is C24H19FN2O3. The number of nitrogens with zero attached hydrogens (tertiary/aromatic N) is 2.